The minimum atomic E-state index is -4.97. The predicted octanol–water partition coefficient (Wildman–Crippen LogP) is 2.00. The van der Waals surface area contributed by atoms with E-state index in [1.54, 1.807) is 0 Å². The molecule has 0 aliphatic carbocycles. The number of aliphatic carboxylic acids is 1. The summed E-state index contributed by atoms with van der Waals surface area (Å²) >= 11 is 0. The number of terminal acetylenes is 1. The maximum Gasteiger partial charge on any atom is 0.419 e. The Balaban J connectivity index is 3.17. The molecule has 0 aliphatic heterocycles. The third-order valence-corrected chi connectivity index (χ3v) is 2.41. The molecule has 0 unspecified atom stereocenters. The van der Waals surface area contributed by atoms with Gasteiger partial charge >= 0.3 is 12.1 Å². The lowest BCUT2D eigenvalue weighted by Crippen LogP contribution is -2.36. The van der Waals surface area contributed by atoms with Crippen LogP contribution in [0.2, 0.25) is 0 Å². The first-order valence-corrected chi connectivity index (χ1v) is 5.48. The van der Waals surface area contributed by atoms with Gasteiger partial charge in [0.05, 0.1) is 12.1 Å². The van der Waals surface area contributed by atoms with Crippen LogP contribution in [0.5, 0.6) is 0 Å². The molecule has 112 valence electrons. The largest absolute Gasteiger partial charge is 0.480 e. The normalized spacial score (nSPS) is 10.8. The fourth-order valence-electron chi connectivity index (χ4n) is 1.53. The summed E-state index contributed by atoms with van der Waals surface area (Å²) in [6.07, 6.45) is -0.000671. The summed E-state index contributed by atoms with van der Waals surface area (Å²) in [5.41, 5.74) is -2.11. The van der Waals surface area contributed by atoms with Gasteiger partial charge in [0.1, 0.15) is 12.4 Å². The number of carbonyl (C=O) groups is 2. The molecule has 0 heterocycles. The zero-order valence-corrected chi connectivity index (χ0v) is 10.4. The van der Waals surface area contributed by atoms with Crippen molar-refractivity contribution in [3.63, 3.8) is 0 Å². The molecule has 0 aromatic heterocycles. The molecule has 0 atom stereocenters. The van der Waals surface area contributed by atoms with E-state index in [1.807, 2.05) is 5.92 Å². The molecule has 0 radical (unpaired) electrons. The first-order chi connectivity index (χ1) is 9.66. The van der Waals surface area contributed by atoms with Crippen LogP contribution in [0.15, 0.2) is 18.2 Å². The van der Waals surface area contributed by atoms with Gasteiger partial charge in [0.25, 0.3) is 5.91 Å². The Morgan fingerprint density at radius 3 is 2.43 bits per heavy atom. The van der Waals surface area contributed by atoms with Crippen molar-refractivity contribution >= 4 is 11.9 Å². The summed E-state index contributed by atoms with van der Waals surface area (Å²) in [5.74, 6) is -1.91. The highest BCUT2D eigenvalue weighted by atomic mass is 19.4. The van der Waals surface area contributed by atoms with Crippen LogP contribution in [0.4, 0.5) is 17.6 Å². The molecule has 1 aromatic rings. The van der Waals surface area contributed by atoms with E-state index < -0.39 is 48.1 Å². The van der Waals surface area contributed by atoms with E-state index in [0.717, 1.165) is 6.07 Å². The van der Waals surface area contributed by atoms with E-state index in [9.17, 15) is 27.2 Å². The summed E-state index contributed by atoms with van der Waals surface area (Å²) in [4.78, 5) is 23.2. The first-order valence-electron chi connectivity index (χ1n) is 5.48. The number of nitrogens with zero attached hydrogens (tertiary/aromatic N) is 1. The number of alkyl halides is 3. The highest BCUT2D eigenvalue weighted by Crippen LogP contribution is 2.32. The van der Waals surface area contributed by atoms with Gasteiger partial charge in [-0.15, -0.1) is 6.42 Å². The standard InChI is InChI=1S/C13H9F4NO3/c1-2-5-18(7-11(19)20)12(21)8-3-4-10(14)9(6-8)13(15,16)17/h1,3-4,6H,5,7H2,(H,19,20). The number of carboxylic acids is 1. The van der Waals surface area contributed by atoms with Crippen LogP contribution in [-0.2, 0) is 11.0 Å². The Hall–Kier alpha value is -2.56. The van der Waals surface area contributed by atoms with Crippen molar-refractivity contribution < 1.29 is 32.3 Å². The third-order valence-electron chi connectivity index (χ3n) is 2.41. The molecule has 0 fully saturated rings. The van der Waals surface area contributed by atoms with Gasteiger partial charge in [0, 0.05) is 5.56 Å². The first kappa shape index (κ1) is 16.5. The zero-order chi connectivity index (χ0) is 16.2. The fraction of sp³-hybridized carbons (Fsp3) is 0.231. The van der Waals surface area contributed by atoms with Gasteiger partial charge in [-0.1, -0.05) is 5.92 Å². The molecule has 4 nitrogen and oxygen atoms in total. The van der Waals surface area contributed by atoms with E-state index in [0.29, 0.717) is 17.0 Å². The molecule has 0 aliphatic rings. The fourth-order valence-corrected chi connectivity index (χ4v) is 1.53. The summed E-state index contributed by atoms with van der Waals surface area (Å²) < 4.78 is 50.8. The molecule has 0 spiro atoms. The summed E-state index contributed by atoms with van der Waals surface area (Å²) in [7, 11) is 0. The average Bonchev–Trinajstić information content (AvgIpc) is 2.36. The van der Waals surface area contributed by atoms with Gasteiger partial charge < -0.3 is 10.0 Å². The van der Waals surface area contributed by atoms with Crippen molar-refractivity contribution in [2.24, 2.45) is 0 Å². The van der Waals surface area contributed by atoms with Crippen molar-refractivity contribution in [2.75, 3.05) is 13.1 Å². The molecular weight excluding hydrogens is 294 g/mol. The van der Waals surface area contributed by atoms with Gasteiger partial charge in [0.15, 0.2) is 0 Å². The number of carboxylic acid groups (broad SMARTS) is 1. The van der Waals surface area contributed by atoms with Gasteiger partial charge in [-0.25, -0.2) is 4.39 Å². The molecule has 1 N–H and O–H groups in total. The van der Waals surface area contributed by atoms with Crippen molar-refractivity contribution in [2.45, 2.75) is 6.18 Å². The number of halogens is 4. The third kappa shape index (κ3) is 4.21. The van der Waals surface area contributed by atoms with Crippen LogP contribution in [0, 0.1) is 18.2 Å². The number of hydrogen-bond donors (Lipinski definition) is 1. The smallest absolute Gasteiger partial charge is 0.419 e. The van der Waals surface area contributed by atoms with Gasteiger partial charge in [-0.05, 0) is 18.2 Å². The Morgan fingerprint density at radius 1 is 1.33 bits per heavy atom. The van der Waals surface area contributed by atoms with Gasteiger partial charge in [-0.3, -0.25) is 9.59 Å². The molecule has 0 saturated heterocycles. The number of carbonyl (C=O) groups excluding carboxylic acids is 1. The molecular formula is C13H9F4NO3. The van der Waals surface area contributed by atoms with Crippen LogP contribution in [0.25, 0.3) is 0 Å². The highest BCUT2D eigenvalue weighted by molar-refractivity contribution is 5.96. The number of rotatable bonds is 4. The maximum atomic E-state index is 13.1. The SMILES string of the molecule is C#CCN(CC(=O)O)C(=O)c1ccc(F)c(C(F)(F)F)c1. The van der Waals surface area contributed by atoms with E-state index in [-0.39, 0.29) is 0 Å². The molecule has 1 amide bonds. The van der Waals surface area contributed by atoms with Crippen LogP contribution < -0.4 is 0 Å². The topological polar surface area (TPSA) is 57.6 Å². The van der Waals surface area contributed by atoms with Crippen LogP contribution in [-0.4, -0.2) is 35.0 Å². The lowest BCUT2D eigenvalue weighted by Gasteiger charge is -2.18. The summed E-state index contributed by atoms with van der Waals surface area (Å²) in [6, 6.07) is 1.65. The second kappa shape index (κ2) is 6.26. The van der Waals surface area contributed by atoms with E-state index >= 15 is 0 Å². The van der Waals surface area contributed by atoms with Crippen LogP contribution in [0.3, 0.4) is 0 Å². The van der Waals surface area contributed by atoms with Crippen LogP contribution in [0.1, 0.15) is 15.9 Å². The maximum absolute atomic E-state index is 13.1. The average molecular weight is 303 g/mol. The lowest BCUT2D eigenvalue weighted by atomic mass is 10.1. The Bertz CT molecular complexity index is 604. The lowest BCUT2D eigenvalue weighted by molar-refractivity contribution is -0.140. The van der Waals surface area contributed by atoms with Crippen molar-refractivity contribution in [3.8, 4) is 12.3 Å². The monoisotopic (exact) mass is 303 g/mol. The highest BCUT2D eigenvalue weighted by Gasteiger charge is 2.35. The number of hydrogen-bond acceptors (Lipinski definition) is 2. The van der Waals surface area contributed by atoms with Crippen molar-refractivity contribution in [1.29, 1.82) is 0 Å². The zero-order valence-electron chi connectivity index (χ0n) is 10.4. The van der Waals surface area contributed by atoms with Gasteiger partial charge in [0.2, 0.25) is 0 Å². The minimum absolute atomic E-state index is 0.322. The summed E-state index contributed by atoms with van der Waals surface area (Å²) in [5, 5.41) is 8.63. The second-order valence-corrected chi connectivity index (χ2v) is 3.95. The molecule has 0 saturated carbocycles. The minimum Gasteiger partial charge on any atom is -0.480 e. The van der Waals surface area contributed by atoms with Crippen molar-refractivity contribution in [1.82, 2.24) is 4.90 Å². The second-order valence-electron chi connectivity index (χ2n) is 3.95. The quantitative estimate of drug-likeness (QED) is 0.684. The summed E-state index contributed by atoms with van der Waals surface area (Å²) in [6.45, 7) is -1.17. The Labute approximate surface area is 117 Å². The molecule has 21 heavy (non-hydrogen) atoms. The predicted molar refractivity (Wildman–Crippen MR) is 63.8 cm³/mol. The molecule has 8 heteroatoms. The van der Waals surface area contributed by atoms with E-state index in [1.165, 1.54) is 0 Å². The molecule has 1 aromatic carbocycles. The van der Waals surface area contributed by atoms with Gasteiger partial charge in [-0.2, -0.15) is 13.2 Å². The molecule has 0 bridgehead atoms. The number of amides is 1. The number of benzene rings is 1. The van der Waals surface area contributed by atoms with Crippen molar-refractivity contribution in [3.05, 3.63) is 35.1 Å². The van der Waals surface area contributed by atoms with E-state index in [2.05, 4.69) is 0 Å². The van der Waals surface area contributed by atoms with E-state index in [4.69, 9.17) is 11.5 Å². The Kier molecular flexibility index (Phi) is 4.92. The van der Waals surface area contributed by atoms with Crippen LogP contribution >= 0.6 is 0 Å². The molecule has 1 rings (SSSR count). The Morgan fingerprint density at radius 2 is 1.95 bits per heavy atom.